The van der Waals surface area contributed by atoms with Crippen molar-refractivity contribution in [2.24, 2.45) is 0 Å². The van der Waals surface area contributed by atoms with Gasteiger partial charge in [0, 0.05) is 17.5 Å². The molecule has 0 aliphatic carbocycles. The molecule has 1 atom stereocenters. The van der Waals surface area contributed by atoms with Gasteiger partial charge in [-0.2, -0.15) is 0 Å². The Bertz CT molecular complexity index is 524. The van der Waals surface area contributed by atoms with Gasteiger partial charge >= 0.3 is 0 Å². The quantitative estimate of drug-likeness (QED) is 0.646. The van der Waals surface area contributed by atoms with Crippen molar-refractivity contribution >= 4 is 21.4 Å². The standard InChI is InChI=1S/C15H28N2O2S2/c1-5-6-7-8-9-13(3)17-21(18,19)15-12(2)11-20-14(15)10-16-4/h11,13,16-17H,5-10H2,1-4H3. The SMILES string of the molecule is CCCCCCC(C)NS(=O)(=O)c1c(C)csc1CNC. The van der Waals surface area contributed by atoms with Crippen LogP contribution in [0.2, 0.25) is 0 Å². The van der Waals surface area contributed by atoms with Crippen molar-refractivity contribution < 1.29 is 8.42 Å². The monoisotopic (exact) mass is 332 g/mol. The summed E-state index contributed by atoms with van der Waals surface area (Å²) in [5.74, 6) is 0. The van der Waals surface area contributed by atoms with E-state index in [2.05, 4.69) is 17.0 Å². The summed E-state index contributed by atoms with van der Waals surface area (Å²) in [6.45, 7) is 6.56. The Morgan fingerprint density at radius 1 is 1.29 bits per heavy atom. The number of hydrogen-bond donors (Lipinski definition) is 2. The third kappa shape index (κ3) is 5.70. The lowest BCUT2D eigenvalue weighted by Crippen LogP contribution is -2.33. The van der Waals surface area contributed by atoms with E-state index in [9.17, 15) is 8.42 Å². The summed E-state index contributed by atoms with van der Waals surface area (Å²) < 4.78 is 28.0. The number of thiophene rings is 1. The molecule has 0 radical (unpaired) electrons. The van der Waals surface area contributed by atoms with E-state index >= 15 is 0 Å². The van der Waals surface area contributed by atoms with Crippen LogP contribution in [-0.2, 0) is 16.6 Å². The Morgan fingerprint density at radius 2 is 2.00 bits per heavy atom. The Hall–Kier alpha value is -0.430. The predicted octanol–water partition coefficient (Wildman–Crippen LogP) is 3.41. The largest absolute Gasteiger partial charge is 0.315 e. The molecule has 4 nitrogen and oxygen atoms in total. The van der Waals surface area contributed by atoms with E-state index in [1.807, 2.05) is 26.3 Å². The lowest BCUT2D eigenvalue weighted by molar-refractivity contribution is 0.521. The fourth-order valence-corrected chi connectivity index (χ4v) is 5.49. The van der Waals surface area contributed by atoms with Crippen LogP contribution in [-0.4, -0.2) is 21.5 Å². The van der Waals surface area contributed by atoms with Crippen molar-refractivity contribution in [3.63, 3.8) is 0 Å². The summed E-state index contributed by atoms with van der Waals surface area (Å²) in [5.41, 5.74) is 0.830. The molecule has 0 bridgehead atoms. The summed E-state index contributed by atoms with van der Waals surface area (Å²) in [7, 11) is -1.59. The summed E-state index contributed by atoms with van der Waals surface area (Å²) in [4.78, 5) is 1.34. The van der Waals surface area contributed by atoms with Crippen LogP contribution in [0.5, 0.6) is 0 Å². The molecular weight excluding hydrogens is 304 g/mol. The molecule has 0 saturated heterocycles. The van der Waals surface area contributed by atoms with Crippen LogP contribution in [0.25, 0.3) is 0 Å². The zero-order valence-electron chi connectivity index (χ0n) is 13.5. The van der Waals surface area contributed by atoms with Crippen molar-refractivity contribution in [3.8, 4) is 0 Å². The Kier molecular flexibility index (Phi) is 7.87. The van der Waals surface area contributed by atoms with E-state index in [4.69, 9.17) is 0 Å². The third-order valence-electron chi connectivity index (χ3n) is 3.44. The molecule has 1 aromatic heterocycles. The Balaban J connectivity index is 2.70. The van der Waals surface area contributed by atoms with Gasteiger partial charge in [-0.05, 0) is 38.3 Å². The Labute approximate surface area is 133 Å². The molecule has 122 valence electrons. The first kappa shape index (κ1) is 18.6. The van der Waals surface area contributed by atoms with Gasteiger partial charge in [0.05, 0.1) is 0 Å². The van der Waals surface area contributed by atoms with Gasteiger partial charge in [0.15, 0.2) is 0 Å². The maximum Gasteiger partial charge on any atom is 0.242 e. The first-order valence-electron chi connectivity index (χ1n) is 7.66. The van der Waals surface area contributed by atoms with E-state index in [-0.39, 0.29) is 6.04 Å². The smallest absolute Gasteiger partial charge is 0.242 e. The van der Waals surface area contributed by atoms with Crippen molar-refractivity contribution in [1.82, 2.24) is 10.0 Å². The van der Waals surface area contributed by atoms with E-state index in [1.165, 1.54) is 30.6 Å². The second-order valence-corrected chi connectivity index (χ2v) is 8.19. The molecule has 0 amide bonds. The molecule has 0 aliphatic rings. The number of sulfonamides is 1. The van der Waals surface area contributed by atoms with E-state index in [0.29, 0.717) is 11.4 Å². The van der Waals surface area contributed by atoms with Crippen LogP contribution in [0.1, 0.15) is 56.4 Å². The van der Waals surface area contributed by atoms with Gasteiger partial charge in [0.1, 0.15) is 4.90 Å². The predicted molar refractivity (Wildman–Crippen MR) is 90.4 cm³/mol. The summed E-state index contributed by atoms with van der Waals surface area (Å²) in [6.07, 6.45) is 5.55. The zero-order valence-corrected chi connectivity index (χ0v) is 15.2. The highest BCUT2D eigenvalue weighted by atomic mass is 32.2. The molecule has 1 heterocycles. The number of unbranched alkanes of at least 4 members (excludes halogenated alkanes) is 3. The first-order valence-corrected chi connectivity index (χ1v) is 10.0. The molecule has 0 saturated carbocycles. The molecule has 0 aliphatic heterocycles. The van der Waals surface area contributed by atoms with Crippen molar-refractivity contribution in [3.05, 3.63) is 15.8 Å². The van der Waals surface area contributed by atoms with Gasteiger partial charge < -0.3 is 5.32 Å². The van der Waals surface area contributed by atoms with Gasteiger partial charge in [0.25, 0.3) is 0 Å². The minimum atomic E-state index is -3.42. The molecular formula is C15H28N2O2S2. The third-order valence-corrected chi connectivity index (χ3v) is 6.49. The van der Waals surface area contributed by atoms with Crippen LogP contribution < -0.4 is 10.0 Å². The Morgan fingerprint density at radius 3 is 2.62 bits per heavy atom. The maximum absolute atomic E-state index is 12.6. The highest BCUT2D eigenvalue weighted by Gasteiger charge is 2.24. The average Bonchev–Trinajstić information content (AvgIpc) is 2.76. The fourth-order valence-electron chi connectivity index (χ4n) is 2.39. The van der Waals surface area contributed by atoms with Crippen molar-refractivity contribution in [2.75, 3.05) is 7.05 Å². The van der Waals surface area contributed by atoms with E-state index in [1.54, 1.807) is 0 Å². The number of aryl methyl sites for hydroxylation is 1. The van der Waals surface area contributed by atoms with Gasteiger partial charge in [-0.15, -0.1) is 11.3 Å². The number of nitrogens with one attached hydrogen (secondary N) is 2. The lowest BCUT2D eigenvalue weighted by atomic mass is 10.1. The molecule has 1 unspecified atom stereocenters. The minimum absolute atomic E-state index is 0.0198. The van der Waals surface area contributed by atoms with Crippen LogP contribution in [0.4, 0.5) is 0 Å². The van der Waals surface area contributed by atoms with Gasteiger partial charge in [0.2, 0.25) is 10.0 Å². The molecule has 0 fully saturated rings. The molecule has 0 aromatic carbocycles. The van der Waals surface area contributed by atoms with Crippen molar-refractivity contribution in [1.29, 1.82) is 0 Å². The highest BCUT2D eigenvalue weighted by Crippen LogP contribution is 2.27. The van der Waals surface area contributed by atoms with Crippen LogP contribution in [0, 0.1) is 6.92 Å². The van der Waals surface area contributed by atoms with Crippen molar-refractivity contribution in [2.45, 2.75) is 70.4 Å². The van der Waals surface area contributed by atoms with Crippen LogP contribution >= 0.6 is 11.3 Å². The molecule has 2 N–H and O–H groups in total. The second-order valence-electron chi connectivity index (χ2n) is 5.57. The summed E-state index contributed by atoms with van der Waals surface area (Å²) in [5, 5.41) is 4.94. The average molecular weight is 333 g/mol. The number of hydrogen-bond acceptors (Lipinski definition) is 4. The van der Waals surface area contributed by atoms with Gasteiger partial charge in [-0.25, -0.2) is 13.1 Å². The molecule has 1 rings (SSSR count). The molecule has 1 aromatic rings. The van der Waals surface area contributed by atoms with Gasteiger partial charge in [-0.1, -0.05) is 32.6 Å². The highest BCUT2D eigenvalue weighted by molar-refractivity contribution is 7.89. The number of rotatable bonds is 10. The molecule has 6 heteroatoms. The van der Waals surface area contributed by atoms with Crippen LogP contribution in [0.3, 0.4) is 0 Å². The van der Waals surface area contributed by atoms with E-state index in [0.717, 1.165) is 23.3 Å². The molecule has 0 spiro atoms. The first-order chi connectivity index (χ1) is 9.92. The lowest BCUT2D eigenvalue weighted by Gasteiger charge is -2.15. The normalized spacial score (nSPS) is 13.5. The molecule has 21 heavy (non-hydrogen) atoms. The fraction of sp³-hybridized carbons (Fsp3) is 0.733. The van der Waals surface area contributed by atoms with E-state index < -0.39 is 10.0 Å². The van der Waals surface area contributed by atoms with Crippen LogP contribution in [0.15, 0.2) is 10.3 Å². The topological polar surface area (TPSA) is 58.2 Å². The minimum Gasteiger partial charge on any atom is -0.315 e. The maximum atomic E-state index is 12.6. The summed E-state index contributed by atoms with van der Waals surface area (Å²) in [6, 6.07) is -0.0198. The summed E-state index contributed by atoms with van der Waals surface area (Å²) >= 11 is 1.50. The second kappa shape index (κ2) is 8.88. The zero-order chi connectivity index (χ0) is 15.9. The van der Waals surface area contributed by atoms with Gasteiger partial charge in [-0.3, -0.25) is 0 Å².